The number of nitrogens with zero attached hydrogens (tertiary/aromatic N) is 1. The summed E-state index contributed by atoms with van der Waals surface area (Å²) in [6, 6.07) is 6.30. The van der Waals surface area contributed by atoms with Crippen molar-refractivity contribution in [3.8, 4) is 0 Å². The zero-order chi connectivity index (χ0) is 19.5. The number of benzene rings is 1. The lowest BCUT2D eigenvalue weighted by Gasteiger charge is -2.30. The minimum Gasteiger partial charge on any atom is -0.435 e. The first kappa shape index (κ1) is 20.8. The smallest absolute Gasteiger partial charge is 0.435 e. The van der Waals surface area contributed by atoms with Crippen molar-refractivity contribution in [3.63, 3.8) is 0 Å². The van der Waals surface area contributed by atoms with E-state index in [2.05, 4.69) is 15.9 Å². The summed E-state index contributed by atoms with van der Waals surface area (Å²) in [5.74, 6) is -0.867. The normalized spacial score (nSPS) is 23.4. The molecule has 140 valence electrons. The van der Waals surface area contributed by atoms with Gasteiger partial charge in [0.15, 0.2) is 10.9 Å². The first-order valence-corrected chi connectivity index (χ1v) is 9.97. The van der Waals surface area contributed by atoms with Gasteiger partial charge in [-0.15, -0.1) is 0 Å². The molecule has 26 heavy (non-hydrogen) atoms. The van der Waals surface area contributed by atoms with Crippen molar-refractivity contribution >= 4 is 50.6 Å². The Bertz CT molecular complexity index is 736. The molecule has 0 bridgehead atoms. The summed E-state index contributed by atoms with van der Waals surface area (Å²) in [7, 11) is 0. The number of rotatable bonds is 5. The average molecular weight is 443 g/mol. The molecule has 2 unspecified atom stereocenters. The number of Topliss-reactive ketones (excluding diaryl/α,β-unsaturated/α-hetero) is 1. The van der Waals surface area contributed by atoms with Gasteiger partial charge in [-0.1, -0.05) is 39.8 Å². The summed E-state index contributed by atoms with van der Waals surface area (Å²) < 4.78 is 0.143. The fourth-order valence-corrected chi connectivity index (χ4v) is 4.48. The number of carbonyl (C=O) groups is 4. The molecule has 1 saturated heterocycles. The van der Waals surface area contributed by atoms with Gasteiger partial charge in [0.1, 0.15) is 6.04 Å². The highest BCUT2D eigenvalue weighted by Gasteiger charge is 2.53. The van der Waals surface area contributed by atoms with Crippen LogP contribution >= 0.6 is 27.7 Å². The molecule has 1 aliphatic heterocycles. The van der Waals surface area contributed by atoms with Gasteiger partial charge in [0.05, 0.1) is 18.2 Å². The first-order chi connectivity index (χ1) is 12.2. The Hall–Kier alpha value is -1.51. The second-order valence-electron chi connectivity index (χ2n) is 6.43. The van der Waals surface area contributed by atoms with Crippen molar-refractivity contribution in [1.82, 2.24) is 0 Å². The molecular formula is C18H21BrNO5S+. The number of ketones is 1. The Labute approximate surface area is 164 Å². The monoisotopic (exact) mass is 442 g/mol. The number of halogens is 1. The predicted molar refractivity (Wildman–Crippen MR) is 102 cm³/mol. The van der Waals surface area contributed by atoms with Crippen molar-refractivity contribution in [1.29, 1.82) is 0 Å². The lowest BCUT2D eigenvalue weighted by Crippen LogP contribution is -2.59. The second kappa shape index (κ2) is 8.45. The Balaban J connectivity index is 2.28. The van der Waals surface area contributed by atoms with E-state index in [0.717, 1.165) is 16.2 Å². The number of hydrogen-bond acceptors (Lipinski definition) is 5. The Kier molecular flexibility index (Phi) is 6.76. The van der Waals surface area contributed by atoms with Crippen molar-refractivity contribution in [2.45, 2.75) is 44.4 Å². The van der Waals surface area contributed by atoms with Crippen LogP contribution in [0.25, 0.3) is 0 Å². The molecule has 2 rings (SSSR count). The molecular weight excluding hydrogens is 422 g/mol. The van der Waals surface area contributed by atoms with Gasteiger partial charge in [-0.05, 0) is 19.1 Å². The highest BCUT2D eigenvalue weighted by atomic mass is 79.9. The molecule has 1 aromatic carbocycles. The molecule has 0 aliphatic carbocycles. The molecule has 6 nitrogen and oxygen atoms in total. The van der Waals surface area contributed by atoms with Gasteiger partial charge >= 0.3 is 12.0 Å². The van der Waals surface area contributed by atoms with Gasteiger partial charge < -0.3 is 5.11 Å². The average Bonchev–Trinajstić information content (AvgIpc) is 2.96. The fourth-order valence-electron chi connectivity index (χ4n) is 3.35. The lowest BCUT2D eigenvalue weighted by atomic mass is 10.0. The SMILES string of the molecule is CC(=O)SC(CC(=O)[N+]1(C(=O)O)CCC[C@H]1C)C(=O)c1ccc(Br)cc1. The maximum Gasteiger partial charge on any atom is 0.521 e. The largest absolute Gasteiger partial charge is 0.521 e. The van der Waals surface area contributed by atoms with Crippen LogP contribution < -0.4 is 0 Å². The number of likely N-dealkylation sites (tertiary alicyclic amines) is 1. The third kappa shape index (κ3) is 4.24. The molecule has 0 aromatic heterocycles. The number of thioether (sulfide) groups is 1. The van der Waals surface area contributed by atoms with E-state index in [1.54, 1.807) is 31.2 Å². The molecule has 1 N–H and O–H groups in total. The zero-order valence-electron chi connectivity index (χ0n) is 14.6. The van der Waals surface area contributed by atoms with Crippen LogP contribution in [0.5, 0.6) is 0 Å². The highest BCUT2D eigenvalue weighted by molar-refractivity contribution is 9.10. The first-order valence-electron chi connectivity index (χ1n) is 8.30. The van der Waals surface area contributed by atoms with E-state index in [-0.39, 0.29) is 29.9 Å². The lowest BCUT2D eigenvalue weighted by molar-refractivity contribution is -0.792. The third-order valence-corrected chi connectivity index (χ3v) is 6.29. The van der Waals surface area contributed by atoms with Crippen LogP contribution in [0, 0.1) is 0 Å². The number of imide groups is 1. The molecule has 0 saturated carbocycles. The van der Waals surface area contributed by atoms with Gasteiger partial charge in [-0.3, -0.25) is 9.59 Å². The fraction of sp³-hybridized carbons (Fsp3) is 0.444. The van der Waals surface area contributed by atoms with Crippen LogP contribution in [0.4, 0.5) is 4.79 Å². The molecule has 2 amide bonds. The molecule has 8 heteroatoms. The van der Waals surface area contributed by atoms with E-state index in [1.165, 1.54) is 6.92 Å². The number of hydrogen-bond donors (Lipinski definition) is 1. The summed E-state index contributed by atoms with van der Waals surface area (Å²) in [6.45, 7) is 3.29. The molecule has 1 aliphatic rings. The maximum atomic E-state index is 12.9. The van der Waals surface area contributed by atoms with Crippen LogP contribution in [0.1, 0.15) is 43.5 Å². The summed E-state index contributed by atoms with van der Waals surface area (Å²) in [5, 5.41) is 8.46. The summed E-state index contributed by atoms with van der Waals surface area (Å²) >= 11 is 4.08. The standard InChI is InChI=1S/C18H20BrNO5S/c1-11-4-3-9-20(11,18(24)25)16(22)10-15(26-12(2)21)17(23)13-5-7-14(19)8-6-13/h5-8,11,15H,3-4,9-10H2,1-2H3/p+1/t11-,15?,20?/m1/s1. The van der Waals surface area contributed by atoms with E-state index in [0.29, 0.717) is 18.4 Å². The van der Waals surface area contributed by atoms with Crippen LogP contribution in [0.3, 0.4) is 0 Å². The molecule has 1 aromatic rings. The van der Waals surface area contributed by atoms with Crippen molar-refractivity contribution in [3.05, 3.63) is 34.3 Å². The molecule has 0 spiro atoms. The predicted octanol–water partition coefficient (Wildman–Crippen LogP) is 3.87. The topological polar surface area (TPSA) is 88.5 Å². The third-order valence-electron chi connectivity index (χ3n) is 4.76. The van der Waals surface area contributed by atoms with Crippen molar-refractivity contribution < 1.29 is 28.8 Å². The van der Waals surface area contributed by atoms with Gasteiger partial charge in [0.25, 0.3) is 0 Å². The number of carbonyl (C=O) groups excluding carboxylic acids is 3. The van der Waals surface area contributed by atoms with Crippen molar-refractivity contribution in [2.24, 2.45) is 0 Å². The molecule has 0 radical (unpaired) electrons. The quantitative estimate of drug-likeness (QED) is 0.549. The van der Waals surface area contributed by atoms with E-state index < -0.39 is 21.7 Å². The minimum atomic E-state index is -1.19. The summed E-state index contributed by atoms with van der Waals surface area (Å²) in [6.07, 6.45) is -0.189. The minimum absolute atomic E-state index is 0.221. The number of quaternary nitrogens is 1. The molecule has 3 atom stereocenters. The van der Waals surface area contributed by atoms with Gasteiger partial charge in [0.2, 0.25) is 0 Å². The van der Waals surface area contributed by atoms with E-state index in [9.17, 15) is 24.3 Å². The highest BCUT2D eigenvalue weighted by Crippen LogP contribution is 2.31. The summed E-state index contributed by atoms with van der Waals surface area (Å²) in [4.78, 5) is 49.2. The van der Waals surface area contributed by atoms with E-state index in [1.807, 2.05) is 0 Å². The zero-order valence-corrected chi connectivity index (χ0v) is 17.0. The molecule has 1 heterocycles. The van der Waals surface area contributed by atoms with Gasteiger partial charge in [-0.25, -0.2) is 4.79 Å². The van der Waals surface area contributed by atoms with Gasteiger partial charge in [-0.2, -0.15) is 9.28 Å². The van der Waals surface area contributed by atoms with Crippen LogP contribution in [0.2, 0.25) is 0 Å². The van der Waals surface area contributed by atoms with Crippen LogP contribution in [-0.4, -0.2) is 50.3 Å². The van der Waals surface area contributed by atoms with E-state index in [4.69, 9.17) is 0 Å². The van der Waals surface area contributed by atoms with Crippen LogP contribution in [0.15, 0.2) is 28.7 Å². The van der Waals surface area contributed by atoms with Gasteiger partial charge in [0, 0.05) is 29.8 Å². The second-order valence-corrected chi connectivity index (χ2v) is 8.73. The number of amides is 2. The Morgan fingerprint density at radius 2 is 1.88 bits per heavy atom. The summed E-state index contributed by atoms with van der Waals surface area (Å²) in [5.41, 5.74) is 0.385. The van der Waals surface area contributed by atoms with E-state index >= 15 is 0 Å². The van der Waals surface area contributed by atoms with Crippen LogP contribution in [-0.2, 0) is 9.59 Å². The maximum absolute atomic E-state index is 12.9. The van der Waals surface area contributed by atoms with Crippen molar-refractivity contribution in [2.75, 3.05) is 6.54 Å². The Morgan fingerprint density at radius 1 is 1.27 bits per heavy atom. The molecule has 1 fully saturated rings. The Morgan fingerprint density at radius 3 is 2.35 bits per heavy atom. The number of carboxylic acid groups (broad SMARTS) is 1.